The van der Waals surface area contributed by atoms with Gasteiger partial charge in [-0.15, -0.1) is 0 Å². The molecule has 0 radical (unpaired) electrons. The van der Waals surface area contributed by atoms with Crippen molar-refractivity contribution in [3.63, 3.8) is 0 Å². The summed E-state index contributed by atoms with van der Waals surface area (Å²) in [6.45, 7) is 0. The second-order valence-electron chi connectivity index (χ2n) is 10.9. The van der Waals surface area contributed by atoms with E-state index in [0.717, 1.165) is 0 Å². The van der Waals surface area contributed by atoms with E-state index >= 15 is 0 Å². The van der Waals surface area contributed by atoms with E-state index < -0.39 is 69.7 Å². The molecular formula is C27H33F9. The zero-order chi connectivity index (χ0) is 26.3. The Labute approximate surface area is 206 Å². The number of hydrogen-bond donors (Lipinski definition) is 0. The number of halogens is 9. The lowest BCUT2D eigenvalue weighted by molar-refractivity contribution is -0.103. The molecule has 0 aliphatic heterocycles. The van der Waals surface area contributed by atoms with Gasteiger partial charge in [-0.2, -0.15) is 39.5 Å². The summed E-state index contributed by atoms with van der Waals surface area (Å²) in [6, 6.07) is 0. The van der Waals surface area contributed by atoms with Crippen LogP contribution in [0.1, 0.15) is 96.3 Å². The van der Waals surface area contributed by atoms with Gasteiger partial charge in [-0.05, 0) is 73.0 Å². The Bertz CT molecular complexity index is 762. The van der Waals surface area contributed by atoms with Gasteiger partial charge in [-0.3, -0.25) is 0 Å². The molecule has 0 amide bonds. The first-order valence-electron chi connectivity index (χ1n) is 13.3. The van der Waals surface area contributed by atoms with Crippen LogP contribution in [0.25, 0.3) is 0 Å². The Morgan fingerprint density at radius 1 is 0.361 bits per heavy atom. The molecule has 0 atom stereocenters. The largest absolute Gasteiger partial charge is 0.413 e. The Kier molecular flexibility index (Phi) is 7.97. The first-order chi connectivity index (χ1) is 16.8. The van der Waals surface area contributed by atoms with Crippen LogP contribution in [-0.2, 0) is 0 Å². The highest BCUT2D eigenvalue weighted by Gasteiger charge is 2.57. The lowest BCUT2D eigenvalue weighted by Gasteiger charge is -2.27. The van der Waals surface area contributed by atoms with Crippen molar-refractivity contribution in [3.05, 3.63) is 33.4 Å². The standard InChI is InChI=1S/C27H33F9/c28-25(29,30)22(16-10-4-1-5-11-16)19-20(23(26(31,32)33)17-12-6-2-7-13-17)21(19)24(27(34,35)36)18-14-8-3-9-15-18/h16-18H,1-15H2. The summed E-state index contributed by atoms with van der Waals surface area (Å²) < 4.78 is 130. The fourth-order valence-corrected chi connectivity index (χ4v) is 6.90. The molecule has 0 heterocycles. The summed E-state index contributed by atoms with van der Waals surface area (Å²) in [6.07, 6.45) is -9.11. The molecule has 0 unspecified atom stereocenters. The van der Waals surface area contributed by atoms with Gasteiger partial charge in [-0.25, -0.2) is 0 Å². The minimum absolute atomic E-state index is 0.133. The van der Waals surface area contributed by atoms with Crippen molar-refractivity contribution >= 4 is 0 Å². The van der Waals surface area contributed by atoms with Crippen LogP contribution in [0.15, 0.2) is 33.4 Å². The lowest BCUT2D eigenvalue weighted by Crippen LogP contribution is -2.24. The molecular weight excluding hydrogens is 495 g/mol. The van der Waals surface area contributed by atoms with Crippen LogP contribution in [0.2, 0.25) is 0 Å². The van der Waals surface area contributed by atoms with Gasteiger partial charge in [-0.1, -0.05) is 57.8 Å². The van der Waals surface area contributed by atoms with E-state index in [4.69, 9.17) is 0 Å². The molecule has 204 valence electrons. The molecule has 4 saturated carbocycles. The SMILES string of the molecule is FC(F)(F)C(=C1C(=C(C2CCCCC2)C(F)(F)F)C1=C(C1CCCCC1)C(F)(F)F)C1CCCCC1. The van der Waals surface area contributed by atoms with Gasteiger partial charge in [0.2, 0.25) is 0 Å². The van der Waals surface area contributed by atoms with E-state index in [2.05, 4.69) is 0 Å². The van der Waals surface area contributed by atoms with Crippen LogP contribution in [-0.4, -0.2) is 18.5 Å². The highest BCUT2D eigenvalue weighted by molar-refractivity contribution is 5.84. The molecule has 0 aromatic carbocycles. The van der Waals surface area contributed by atoms with E-state index in [0.29, 0.717) is 57.8 Å². The molecule has 4 aliphatic rings. The molecule has 0 N–H and O–H groups in total. The average Bonchev–Trinajstić information content (AvgIpc) is 3.45. The Morgan fingerprint density at radius 2 is 0.556 bits per heavy atom. The highest BCUT2D eigenvalue weighted by Crippen LogP contribution is 2.63. The molecule has 4 rings (SSSR count). The van der Waals surface area contributed by atoms with Crippen LogP contribution < -0.4 is 0 Å². The molecule has 0 bridgehead atoms. The Hall–Kier alpha value is -1.41. The Balaban J connectivity index is 2.04. The van der Waals surface area contributed by atoms with E-state index in [1.165, 1.54) is 0 Å². The van der Waals surface area contributed by atoms with Crippen LogP contribution in [0, 0.1) is 17.8 Å². The first-order valence-corrected chi connectivity index (χ1v) is 13.3. The predicted molar refractivity (Wildman–Crippen MR) is 119 cm³/mol. The van der Waals surface area contributed by atoms with Gasteiger partial charge in [0.1, 0.15) is 0 Å². The number of rotatable bonds is 3. The van der Waals surface area contributed by atoms with Gasteiger partial charge in [0.05, 0.1) is 0 Å². The Morgan fingerprint density at radius 3 is 0.722 bits per heavy atom. The summed E-state index contributed by atoms with van der Waals surface area (Å²) in [4.78, 5) is 0. The van der Waals surface area contributed by atoms with Crippen molar-refractivity contribution in [2.45, 2.75) is 115 Å². The minimum Gasteiger partial charge on any atom is -0.166 e. The van der Waals surface area contributed by atoms with E-state index in [1.807, 2.05) is 0 Å². The average molecular weight is 529 g/mol. The quantitative estimate of drug-likeness (QED) is 0.320. The van der Waals surface area contributed by atoms with Crippen LogP contribution in [0.3, 0.4) is 0 Å². The van der Waals surface area contributed by atoms with E-state index in [-0.39, 0.29) is 38.5 Å². The number of allylic oxidation sites excluding steroid dienone is 6. The van der Waals surface area contributed by atoms with Crippen LogP contribution in [0.5, 0.6) is 0 Å². The monoisotopic (exact) mass is 528 g/mol. The van der Waals surface area contributed by atoms with Crippen molar-refractivity contribution in [3.8, 4) is 0 Å². The minimum atomic E-state index is -4.99. The van der Waals surface area contributed by atoms with E-state index in [1.54, 1.807) is 0 Å². The maximum absolute atomic E-state index is 14.5. The van der Waals surface area contributed by atoms with Crippen molar-refractivity contribution in [1.29, 1.82) is 0 Å². The van der Waals surface area contributed by atoms with Crippen LogP contribution in [0.4, 0.5) is 39.5 Å². The maximum Gasteiger partial charge on any atom is 0.413 e. The van der Waals surface area contributed by atoms with Crippen molar-refractivity contribution in [2.75, 3.05) is 0 Å². The third kappa shape index (κ3) is 5.85. The third-order valence-electron chi connectivity index (χ3n) is 8.45. The molecule has 0 saturated heterocycles. The predicted octanol–water partition coefficient (Wildman–Crippen LogP) is 10.3. The first kappa shape index (κ1) is 27.6. The van der Waals surface area contributed by atoms with Gasteiger partial charge < -0.3 is 0 Å². The summed E-state index contributed by atoms with van der Waals surface area (Å²) in [7, 11) is 0. The highest BCUT2D eigenvalue weighted by atomic mass is 19.4. The number of alkyl halides is 9. The van der Waals surface area contributed by atoms with Crippen molar-refractivity contribution in [1.82, 2.24) is 0 Å². The smallest absolute Gasteiger partial charge is 0.166 e. The zero-order valence-corrected chi connectivity index (χ0v) is 20.2. The maximum atomic E-state index is 14.5. The fourth-order valence-electron chi connectivity index (χ4n) is 6.90. The second kappa shape index (κ2) is 10.4. The molecule has 36 heavy (non-hydrogen) atoms. The second-order valence-corrected chi connectivity index (χ2v) is 10.9. The summed E-state index contributed by atoms with van der Waals surface area (Å²) in [5, 5.41) is 0. The van der Waals surface area contributed by atoms with E-state index in [9.17, 15) is 39.5 Å². The molecule has 0 spiro atoms. The molecule has 4 fully saturated rings. The molecule has 0 aromatic rings. The topological polar surface area (TPSA) is 0 Å². The summed E-state index contributed by atoms with van der Waals surface area (Å²) in [5.41, 5.74) is -5.77. The molecule has 9 heteroatoms. The van der Waals surface area contributed by atoms with Gasteiger partial charge in [0.15, 0.2) is 0 Å². The fraction of sp³-hybridized carbons (Fsp3) is 0.778. The summed E-state index contributed by atoms with van der Waals surface area (Å²) >= 11 is 0. The third-order valence-corrected chi connectivity index (χ3v) is 8.45. The normalized spacial score (nSPS) is 23.8. The molecule has 4 aliphatic carbocycles. The summed E-state index contributed by atoms with van der Waals surface area (Å²) in [5.74, 6) is -3.20. The molecule has 0 nitrogen and oxygen atoms in total. The van der Waals surface area contributed by atoms with Crippen molar-refractivity contribution in [2.24, 2.45) is 17.8 Å². The van der Waals surface area contributed by atoms with Gasteiger partial charge >= 0.3 is 18.5 Å². The van der Waals surface area contributed by atoms with Crippen molar-refractivity contribution < 1.29 is 39.5 Å². The van der Waals surface area contributed by atoms with Gasteiger partial charge in [0, 0.05) is 16.7 Å². The van der Waals surface area contributed by atoms with Crippen LogP contribution >= 0.6 is 0 Å². The lowest BCUT2D eigenvalue weighted by atomic mass is 9.81. The molecule has 0 aromatic heterocycles. The van der Waals surface area contributed by atoms with Gasteiger partial charge in [0.25, 0.3) is 0 Å². The number of hydrogen-bond acceptors (Lipinski definition) is 0. The zero-order valence-electron chi connectivity index (χ0n) is 20.2.